The summed E-state index contributed by atoms with van der Waals surface area (Å²) in [5, 5.41) is 2.86. The quantitative estimate of drug-likeness (QED) is 0.846. The van der Waals surface area contributed by atoms with Crippen LogP contribution in [0.4, 0.5) is 4.39 Å². The van der Waals surface area contributed by atoms with Gasteiger partial charge in [0.25, 0.3) is 0 Å². The molecular weight excluding hydrogens is 347 g/mol. The third-order valence-electron chi connectivity index (χ3n) is 4.52. The summed E-state index contributed by atoms with van der Waals surface area (Å²) >= 11 is 0. The molecule has 0 bridgehead atoms. The maximum absolute atomic E-state index is 13.0. The Bertz CT molecular complexity index is 759. The third kappa shape index (κ3) is 5.62. The predicted molar refractivity (Wildman–Crippen MR) is 99.6 cm³/mol. The minimum atomic E-state index is -0.640. The highest BCUT2D eigenvalue weighted by molar-refractivity contribution is 5.88. The van der Waals surface area contributed by atoms with Gasteiger partial charge in [0.15, 0.2) is 0 Å². The Morgan fingerprint density at radius 3 is 2.33 bits per heavy atom. The van der Waals surface area contributed by atoms with Crippen LogP contribution in [0, 0.1) is 5.82 Å². The van der Waals surface area contributed by atoms with Crippen LogP contribution < -0.4 is 5.32 Å². The molecule has 1 heterocycles. The van der Waals surface area contributed by atoms with Crippen molar-refractivity contribution in [1.82, 2.24) is 10.2 Å². The van der Waals surface area contributed by atoms with Crippen molar-refractivity contribution in [3.63, 3.8) is 0 Å². The molecule has 1 fully saturated rings. The number of benzene rings is 2. The summed E-state index contributed by atoms with van der Waals surface area (Å²) in [6, 6.07) is 14.8. The molecule has 0 radical (unpaired) electrons. The molecule has 1 saturated heterocycles. The van der Waals surface area contributed by atoms with Gasteiger partial charge in [0, 0.05) is 19.5 Å². The molecular formula is C21H23FN2O3. The molecule has 0 aliphatic carbocycles. The molecule has 2 aromatic carbocycles. The molecule has 142 valence electrons. The van der Waals surface area contributed by atoms with E-state index in [4.69, 9.17) is 4.74 Å². The largest absolute Gasteiger partial charge is 0.378 e. The first-order valence-corrected chi connectivity index (χ1v) is 9.06. The number of nitrogens with one attached hydrogen (secondary N) is 1. The second-order valence-corrected chi connectivity index (χ2v) is 6.55. The number of ether oxygens (including phenoxy) is 1. The van der Waals surface area contributed by atoms with E-state index in [0.717, 1.165) is 5.56 Å². The van der Waals surface area contributed by atoms with Crippen molar-refractivity contribution in [1.29, 1.82) is 0 Å². The molecule has 5 nitrogen and oxygen atoms in total. The van der Waals surface area contributed by atoms with Crippen LogP contribution in [0.3, 0.4) is 0 Å². The van der Waals surface area contributed by atoms with Crippen molar-refractivity contribution in [3.05, 3.63) is 71.5 Å². The fourth-order valence-corrected chi connectivity index (χ4v) is 3.09. The molecule has 6 heteroatoms. The molecule has 3 rings (SSSR count). The van der Waals surface area contributed by atoms with Gasteiger partial charge in [-0.3, -0.25) is 9.59 Å². The van der Waals surface area contributed by atoms with Gasteiger partial charge in [0.2, 0.25) is 11.8 Å². The van der Waals surface area contributed by atoms with Gasteiger partial charge in [-0.1, -0.05) is 42.5 Å². The van der Waals surface area contributed by atoms with Crippen LogP contribution in [-0.4, -0.2) is 49.1 Å². The fraction of sp³-hybridized carbons (Fsp3) is 0.333. The van der Waals surface area contributed by atoms with Crippen LogP contribution in [-0.2, 0) is 27.2 Å². The van der Waals surface area contributed by atoms with E-state index in [1.54, 1.807) is 17.0 Å². The molecule has 0 unspecified atom stereocenters. The minimum absolute atomic E-state index is 0.0992. The molecule has 1 aliphatic heterocycles. The van der Waals surface area contributed by atoms with Gasteiger partial charge in [-0.2, -0.15) is 0 Å². The van der Waals surface area contributed by atoms with Gasteiger partial charge in [0.05, 0.1) is 19.6 Å². The average molecular weight is 370 g/mol. The van der Waals surface area contributed by atoms with Crippen LogP contribution in [0.5, 0.6) is 0 Å². The Hall–Kier alpha value is -2.73. The number of carbonyl (C=O) groups excluding carboxylic acids is 2. The maximum Gasteiger partial charge on any atom is 0.245 e. The number of morpholine rings is 1. The Balaban J connectivity index is 1.69. The molecule has 0 spiro atoms. The summed E-state index contributed by atoms with van der Waals surface area (Å²) < 4.78 is 18.3. The Morgan fingerprint density at radius 2 is 1.67 bits per heavy atom. The second-order valence-electron chi connectivity index (χ2n) is 6.55. The van der Waals surface area contributed by atoms with Crippen molar-refractivity contribution in [2.45, 2.75) is 18.9 Å². The smallest absolute Gasteiger partial charge is 0.245 e. The van der Waals surface area contributed by atoms with Crippen molar-refractivity contribution in [2.24, 2.45) is 0 Å². The molecule has 1 aliphatic rings. The molecule has 27 heavy (non-hydrogen) atoms. The Labute approximate surface area is 158 Å². The summed E-state index contributed by atoms with van der Waals surface area (Å²) in [5.74, 6) is -0.706. The van der Waals surface area contributed by atoms with Gasteiger partial charge in [-0.25, -0.2) is 4.39 Å². The summed E-state index contributed by atoms with van der Waals surface area (Å²) in [7, 11) is 0. The summed E-state index contributed by atoms with van der Waals surface area (Å²) in [6.45, 7) is 2.07. The number of hydrogen-bond acceptors (Lipinski definition) is 3. The van der Waals surface area contributed by atoms with Crippen LogP contribution in [0.15, 0.2) is 54.6 Å². The highest BCUT2D eigenvalue weighted by Crippen LogP contribution is 2.09. The van der Waals surface area contributed by atoms with Crippen LogP contribution >= 0.6 is 0 Å². The third-order valence-corrected chi connectivity index (χ3v) is 4.52. The number of halogens is 1. The summed E-state index contributed by atoms with van der Waals surface area (Å²) in [5.41, 5.74) is 1.68. The molecule has 1 atom stereocenters. The average Bonchev–Trinajstić information content (AvgIpc) is 2.70. The summed E-state index contributed by atoms with van der Waals surface area (Å²) in [4.78, 5) is 27.2. The van der Waals surface area contributed by atoms with E-state index in [1.807, 2.05) is 30.3 Å². The van der Waals surface area contributed by atoms with Crippen molar-refractivity contribution in [3.8, 4) is 0 Å². The van der Waals surface area contributed by atoms with E-state index in [1.165, 1.54) is 12.1 Å². The van der Waals surface area contributed by atoms with Gasteiger partial charge in [-0.05, 0) is 23.3 Å². The highest BCUT2D eigenvalue weighted by Gasteiger charge is 2.27. The first-order chi connectivity index (χ1) is 13.1. The lowest BCUT2D eigenvalue weighted by Gasteiger charge is -2.31. The molecule has 0 saturated carbocycles. The van der Waals surface area contributed by atoms with Crippen LogP contribution in [0.1, 0.15) is 11.1 Å². The highest BCUT2D eigenvalue weighted by atomic mass is 19.1. The zero-order chi connectivity index (χ0) is 19.1. The van der Waals surface area contributed by atoms with E-state index in [9.17, 15) is 14.0 Å². The normalized spacial score (nSPS) is 15.2. The van der Waals surface area contributed by atoms with Gasteiger partial charge in [-0.15, -0.1) is 0 Å². The first kappa shape index (κ1) is 19.0. The van der Waals surface area contributed by atoms with Gasteiger partial charge >= 0.3 is 0 Å². The van der Waals surface area contributed by atoms with Crippen molar-refractivity contribution >= 4 is 11.8 Å². The lowest BCUT2D eigenvalue weighted by Crippen LogP contribution is -2.52. The fourth-order valence-electron chi connectivity index (χ4n) is 3.09. The lowest BCUT2D eigenvalue weighted by atomic mass is 10.0. The number of amides is 2. The monoisotopic (exact) mass is 370 g/mol. The lowest BCUT2D eigenvalue weighted by molar-refractivity contribution is -0.139. The predicted octanol–water partition coefficient (Wildman–Crippen LogP) is 1.95. The van der Waals surface area contributed by atoms with Crippen LogP contribution in [0.2, 0.25) is 0 Å². The zero-order valence-corrected chi connectivity index (χ0v) is 15.1. The number of carbonyl (C=O) groups is 2. The molecule has 0 aromatic heterocycles. The number of rotatable bonds is 6. The zero-order valence-electron chi connectivity index (χ0n) is 15.1. The molecule has 2 aromatic rings. The van der Waals surface area contributed by atoms with E-state index < -0.39 is 6.04 Å². The second kappa shape index (κ2) is 9.28. The first-order valence-electron chi connectivity index (χ1n) is 9.06. The Kier molecular flexibility index (Phi) is 6.54. The standard InChI is InChI=1S/C21H23FN2O3/c22-18-8-6-17(7-9-18)15-20(25)23-19(14-16-4-2-1-3-5-16)21(26)24-10-12-27-13-11-24/h1-9,19H,10-15H2,(H,23,25)/t19-/m0/s1. The number of hydrogen-bond donors (Lipinski definition) is 1. The Morgan fingerprint density at radius 1 is 1.00 bits per heavy atom. The van der Waals surface area contributed by atoms with Gasteiger partial charge < -0.3 is 15.0 Å². The van der Waals surface area contributed by atoms with E-state index in [0.29, 0.717) is 38.3 Å². The van der Waals surface area contributed by atoms with Crippen LogP contribution in [0.25, 0.3) is 0 Å². The topological polar surface area (TPSA) is 58.6 Å². The van der Waals surface area contributed by atoms with Crippen molar-refractivity contribution < 1.29 is 18.7 Å². The van der Waals surface area contributed by atoms with Gasteiger partial charge in [0.1, 0.15) is 11.9 Å². The van der Waals surface area contributed by atoms with E-state index in [-0.39, 0.29) is 24.1 Å². The number of nitrogens with zero attached hydrogens (tertiary/aromatic N) is 1. The van der Waals surface area contributed by atoms with Crippen molar-refractivity contribution in [2.75, 3.05) is 26.3 Å². The van der Waals surface area contributed by atoms with E-state index >= 15 is 0 Å². The SMILES string of the molecule is O=C(Cc1ccc(F)cc1)N[C@@H](Cc1ccccc1)C(=O)N1CCOCC1. The molecule has 1 N–H and O–H groups in total. The van der Waals surface area contributed by atoms with E-state index in [2.05, 4.69) is 5.32 Å². The maximum atomic E-state index is 13.0. The summed E-state index contributed by atoms with van der Waals surface area (Å²) in [6.07, 6.45) is 0.522. The minimum Gasteiger partial charge on any atom is -0.378 e. The molecule has 2 amide bonds.